The van der Waals surface area contributed by atoms with E-state index in [1.165, 1.54) is 6.07 Å². The van der Waals surface area contributed by atoms with Crippen LogP contribution in [0.15, 0.2) is 58.0 Å². The molecule has 2 aromatic carbocycles. The standard InChI is InChI=1S/C27H39BrN2O3SSi2/c1-26(2,3)35(7,8)29-34(32,33)21-13-11-12-19(16-21)25(31)20-14-15-22-23(28)18-30(24(22)17-20)36(9,10)27(4,5)6/h11-18,29H,1-10H3. The number of nitrogens with one attached hydrogen (secondary N) is 1. The van der Waals surface area contributed by atoms with Gasteiger partial charge in [0.1, 0.15) is 8.24 Å². The van der Waals surface area contributed by atoms with Crippen molar-refractivity contribution in [3.05, 3.63) is 64.3 Å². The van der Waals surface area contributed by atoms with E-state index in [0.29, 0.717) is 11.1 Å². The average Bonchev–Trinajstić information content (AvgIpc) is 3.07. The van der Waals surface area contributed by atoms with Gasteiger partial charge in [-0.15, -0.1) is 0 Å². The van der Waals surface area contributed by atoms with Crippen LogP contribution < -0.4 is 4.39 Å². The molecular weight excluding hydrogens is 568 g/mol. The molecule has 196 valence electrons. The van der Waals surface area contributed by atoms with E-state index in [1.54, 1.807) is 18.2 Å². The van der Waals surface area contributed by atoms with E-state index in [0.717, 1.165) is 15.4 Å². The van der Waals surface area contributed by atoms with Crippen LogP contribution in [-0.4, -0.2) is 34.9 Å². The van der Waals surface area contributed by atoms with Crippen molar-refractivity contribution in [1.82, 2.24) is 8.62 Å². The van der Waals surface area contributed by atoms with Crippen molar-refractivity contribution in [2.45, 2.75) is 82.7 Å². The van der Waals surface area contributed by atoms with Crippen molar-refractivity contribution in [1.29, 1.82) is 0 Å². The van der Waals surface area contributed by atoms with Gasteiger partial charge in [-0.05, 0) is 44.2 Å². The number of halogens is 1. The largest absolute Gasteiger partial charge is 0.373 e. The number of ketones is 1. The predicted octanol–water partition coefficient (Wildman–Crippen LogP) is 7.77. The minimum atomic E-state index is -3.76. The molecule has 0 saturated heterocycles. The predicted molar refractivity (Wildman–Crippen MR) is 160 cm³/mol. The Hall–Kier alpha value is -1.53. The summed E-state index contributed by atoms with van der Waals surface area (Å²) in [5.41, 5.74) is 1.92. The van der Waals surface area contributed by atoms with E-state index < -0.39 is 26.5 Å². The van der Waals surface area contributed by atoms with E-state index in [2.05, 4.69) is 85.4 Å². The molecular formula is C27H39BrN2O3SSi2. The van der Waals surface area contributed by atoms with Crippen molar-refractivity contribution in [2.75, 3.05) is 0 Å². The quantitative estimate of drug-likeness (QED) is 0.230. The number of rotatable bonds is 6. The lowest BCUT2D eigenvalue weighted by Gasteiger charge is -2.38. The molecule has 0 radical (unpaired) electrons. The van der Waals surface area contributed by atoms with E-state index in [9.17, 15) is 13.2 Å². The maximum atomic E-state index is 13.6. The molecule has 0 fully saturated rings. The van der Waals surface area contributed by atoms with Crippen LogP contribution in [0, 0.1) is 0 Å². The summed E-state index contributed by atoms with van der Waals surface area (Å²) in [6.45, 7) is 21.6. The first kappa shape index (κ1) is 29.0. The first-order valence-electron chi connectivity index (χ1n) is 12.2. The molecule has 9 heteroatoms. The third-order valence-electron chi connectivity index (χ3n) is 8.13. The van der Waals surface area contributed by atoms with Gasteiger partial charge in [-0.2, -0.15) is 0 Å². The van der Waals surface area contributed by atoms with E-state index >= 15 is 0 Å². The van der Waals surface area contributed by atoms with Crippen molar-refractivity contribution >= 4 is 59.1 Å². The SMILES string of the molecule is CC(C)(C)[Si](C)(C)NS(=O)(=O)c1cccc(C(=O)c2ccc3c(Br)cn([Si](C)(C)C(C)(C)C)c3c2)c1. The van der Waals surface area contributed by atoms with Gasteiger partial charge >= 0.3 is 0 Å². The summed E-state index contributed by atoms with van der Waals surface area (Å²) in [4.78, 5) is 13.7. The Morgan fingerprint density at radius 1 is 0.889 bits per heavy atom. The molecule has 3 aromatic rings. The Kier molecular flexibility index (Phi) is 7.53. The highest BCUT2D eigenvalue weighted by molar-refractivity contribution is 9.10. The second-order valence-corrected chi connectivity index (χ2v) is 25.7. The molecule has 0 amide bonds. The zero-order valence-electron chi connectivity index (χ0n) is 23.1. The topological polar surface area (TPSA) is 68.2 Å². The van der Waals surface area contributed by atoms with Crippen LogP contribution in [0.5, 0.6) is 0 Å². The Bertz CT molecular complexity index is 1430. The van der Waals surface area contributed by atoms with Crippen LogP contribution in [0.3, 0.4) is 0 Å². The van der Waals surface area contributed by atoms with Crippen LogP contribution in [0.25, 0.3) is 10.9 Å². The monoisotopic (exact) mass is 606 g/mol. The number of aromatic nitrogens is 1. The highest BCUT2D eigenvalue weighted by atomic mass is 79.9. The molecule has 0 aliphatic rings. The van der Waals surface area contributed by atoms with E-state index in [-0.39, 0.29) is 20.8 Å². The molecule has 36 heavy (non-hydrogen) atoms. The van der Waals surface area contributed by atoms with Gasteiger partial charge in [-0.25, -0.2) is 12.8 Å². The Morgan fingerprint density at radius 3 is 2.03 bits per heavy atom. The van der Waals surface area contributed by atoms with Gasteiger partial charge in [0, 0.05) is 32.7 Å². The molecule has 1 N–H and O–H groups in total. The van der Waals surface area contributed by atoms with E-state index in [1.807, 2.05) is 31.3 Å². The summed E-state index contributed by atoms with van der Waals surface area (Å²) in [5, 5.41) is 1.01. The van der Waals surface area contributed by atoms with Crippen molar-refractivity contribution in [3.8, 4) is 0 Å². The molecule has 0 unspecified atom stereocenters. The van der Waals surface area contributed by atoms with Crippen molar-refractivity contribution < 1.29 is 13.2 Å². The smallest absolute Gasteiger partial charge is 0.234 e. The summed E-state index contributed by atoms with van der Waals surface area (Å²) in [6.07, 6.45) is 2.14. The fourth-order valence-electron chi connectivity index (χ4n) is 3.67. The molecule has 0 aliphatic carbocycles. The summed E-state index contributed by atoms with van der Waals surface area (Å²) < 4.78 is 32.8. The normalized spacial score (nSPS) is 13.9. The number of carbonyl (C=O) groups is 1. The molecule has 0 atom stereocenters. The minimum Gasteiger partial charge on any atom is -0.373 e. The van der Waals surface area contributed by atoms with Gasteiger partial charge in [0.15, 0.2) is 14.0 Å². The fraction of sp³-hybridized carbons (Fsp3) is 0.444. The number of carbonyl (C=O) groups excluding carboxylic acids is 1. The highest BCUT2D eigenvalue weighted by Crippen LogP contribution is 2.41. The van der Waals surface area contributed by atoms with Crippen molar-refractivity contribution in [2.24, 2.45) is 0 Å². The van der Waals surface area contributed by atoms with Crippen LogP contribution in [-0.2, 0) is 10.0 Å². The maximum absolute atomic E-state index is 13.6. The average molecular weight is 608 g/mol. The van der Waals surface area contributed by atoms with E-state index in [4.69, 9.17) is 0 Å². The third-order valence-corrected chi connectivity index (χ3v) is 21.7. The number of fused-ring (bicyclic) bond motifs is 1. The molecule has 0 spiro atoms. The third kappa shape index (κ3) is 5.36. The fourth-order valence-corrected chi connectivity index (χ4v) is 11.3. The van der Waals surface area contributed by atoms with Gasteiger partial charge in [0.2, 0.25) is 10.0 Å². The summed E-state index contributed by atoms with van der Waals surface area (Å²) in [7, 11) is -8.03. The van der Waals surface area contributed by atoms with Gasteiger partial charge in [-0.3, -0.25) is 4.79 Å². The van der Waals surface area contributed by atoms with Crippen LogP contribution in [0.2, 0.25) is 36.3 Å². The minimum absolute atomic E-state index is 0.109. The Labute approximate surface area is 227 Å². The molecule has 0 saturated carbocycles. The lowest BCUT2D eigenvalue weighted by atomic mass is 10.0. The highest BCUT2D eigenvalue weighted by Gasteiger charge is 2.40. The molecule has 0 aliphatic heterocycles. The summed E-state index contributed by atoms with van der Waals surface area (Å²) in [5.74, 6) is -0.194. The molecule has 3 rings (SSSR count). The first-order valence-corrected chi connectivity index (χ1v) is 20.4. The van der Waals surface area contributed by atoms with Crippen molar-refractivity contribution in [3.63, 3.8) is 0 Å². The lowest BCUT2D eigenvalue weighted by Crippen LogP contribution is -2.54. The van der Waals surface area contributed by atoms with Crippen LogP contribution in [0.1, 0.15) is 57.5 Å². The van der Waals surface area contributed by atoms with Crippen LogP contribution >= 0.6 is 15.9 Å². The molecule has 1 aromatic heterocycles. The Morgan fingerprint density at radius 2 is 1.47 bits per heavy atom. The molecule has 1 heterocycles. The van der Waals surface area contributed by atoms with Gasteiger partial charge in [-0.1, -0.05) is 92.0 Å². The summed E-state index contributed by atoms with van der Waals surface area (Å²) in [6, 6.07) is 12.1. The number of sulfonamides is 1. The van der Waals surface area contributed by atoms with Gasteiger partial charge < -0.3 is 4.23 Å². The number of hydrogen-bond donors (Lipinski definition) is 1. The number of hydrogen-bond acceptors (Lipinski definition) is 3. The number of benzene rings is 2. The molecule has 5 nitrogen and oxygen atoms in total. The lowest BCUT2D eigenvalue weighted by molar-refractivity contribution is 0.103. The second kappa shape index (κ2) is 9.34. The van der Waals surface area contributed by atoms with Gasteiger partial charge in [0.05, 0.1) is 4.90 Å². The van der Waals surface area contributed by atoms with Gasteiger partial charge in [0.25, 0.3) is 0 Å². The zero-order valence-corrected chi connectivity index (χ0v) is 27.5. The summed E-state index contributed by atoms with van der Waals surface area (Å²) >= 11 is 3.70. The zero-order chi connectivity index (χ0) is 27.5. The first-order chi connectivity index (χ1) is 16.2. The number of nitrogens with zero attached hydrogens (tertiary/aromatic N) is 1. The molecule has 0 bridgehead atoms. The maximum Gasteiger partial charge on any atom is 0.234 e. The Balaban J connectivity index is 2.05. The van der Waals surface area contributed by atoms with Crippen LogP contribution in [0.4, 0.5) is 0 Å². The second-order valence-electron chi connectivity index (χ2n) is 12.7.